The Bertz CT molecular complexity index is 767. The van der Waals surface area contributed by atoms with Gasteiger partial charge in [0.25, 0.3) is 0 Å². The van der Waals surface area contributed by atoms with E-state index in [1.54, 1.807) is 22.8 Å². The van der Waals surface area contributed by atoms with Crippen LogP contribution < -0.4 is 0 Å². The molecule has 2 amide bonds. The molecule has 27 heavy (non-hydrogen) atoms. The molecule has 3 aliphatic rings. The molecule has 4 atom stereocenters. The van der Waals surface area contributed by atoms with E-state index in [1.165, 1.54) is 0 Å². The number of likely N-dealkylation sites (tertiary alicyclic amines) is 1. The van der Waals surface area contributed by atoms with E-state index in [1.807, 2.05) is 29.3 Å². The zero-order valence-corrected chi connectivity index (χ0v) is 16.5. The Balaban J connectivity index is 1.49. The van der Waals surface area contributed by atoms with Crippen molar-refractivity contribution in [2.45, 2.75) is 39.0 Å². The van der Waals surface area contributed by atoms with Gasteiger partial charge in [-0.25, -0.2) is 0 Å². The largest absolute Gasteiger partial charge is 0.360 e. The van der Waals surface area contributed by atoms with Crippen LogP contribution in [-0.4, -0.2) is 69.8 Å². The van der Waals surface area contributed by atoms with Crippen LogP contribution >= 0.6 is 0 Å². The summed E-state index contributed by atoms with van der Waals surface area (Å²) in [5, 5.41) is 4.17. The molecule has 7 heteroatoms. The second kappa shape index (κ2) is 6.19. The fraction of sp³-hybridized carbons (Fsp3) is 0.650. The summed E-state index contributed by atoms with van der Waals surface area (Å²) >= 11 is 0. The van der Waals surface area contributed by atoms with Crippen LogP contribution in [-0.2, 0) is 20.9 Å². The first-order valence-electron chi connectivity index (χ1n) is 9.59. The fourth-order valence-corrected chi connectivity index (χ4v) is 4.62. The number of hydrogen-bond acceptors (Lipinski definition) is 4. The average Bonchev–Trinajstić information content (AvgIpc) is 3.33. The molecular formula is C20H28N4O3. The van der Waals surface area contributed by atoms with Crippen LogP contribution in [0.5, 0.6) is 0 Å². The standard InChI is InChI=1S/C20H28N4O3/c1-19(2,3)12-23-13-20-7-6-14(27-20)15(16(20)18(23)26)17(25)22(4)10-11-24-9-5-8-21-24/h5-9,14-16H,10-13H2,1-4H3/t14-,15-,16+,20-/m0/s1. The molecule has 0 aliphatic carbocycles. The van der Waals surface area contributed by atoms with Gasteiger partial charge in [0.1, 0.15) is 5.60 Å². The van der Waals surface area contributed by atoms with Crippen LogP contribution in [0.4, 0.5) is 0 Å². The summed E-state index contributed by atoms with van der Waals surface area (Å²) in [7, 11) is 1.79. The van der Waals surface area contributed by atoms with Gasteiger partial charge in [-0.3, -0.25) is 14.3 Å². The number of ether oxygens (including phenoxy) is 1. The van der Waals surface area contributed by atoms with Gasteiger partial charge in [-0.2, -0.15) is 5.10 Å². The van der Waals surface area contributed by atoms with Crippen LogP contribution in [0.15, 0.2) is 30.6 Å². The lowest BCUT2D eigenvalue weighted by molar-refractivity contribution is -0.142. The number of aromatic nitrogens is 2. The zero-order chi connectivity index (χ0) is 19.4. The SMILES string of the molecule is CN(CCn1cccn1)C(=O)[C@H]1[C@@H]2C=C[C@@]3(CN(CC(C)(C)C)C(=O)[C@@H]13)O2. The first-order chi connectivity index (χ1) is 12.7. The molecule has 1 aromatic heterocycles. The van der Waals surface area contributed by atoms with Gasteiger partial charge in [0.15, 0.2) is 0 Å². The van der Waals surface area contributed by atoms with E-state index in [0.29, 0.717) is 26.2 Å². The maximum atomic E-state index is 13.2. The number of rotatable bonds is 5. The van der Waals surface area contributed by atoms with Crippen LogP contribution in [0.3, 0.4) is 0 Å². The quantitative estimate of drug-likeness (QED) is 0.728. The maximum absolute atomic E-state index is 13.2. The monoisotopic (exact) mass is 372 g/mol. The summed E-state index contributed by atoms with van der Waals surface area (Å²) < 4.78 is 7.99. The number of nitrogens with zero attached hydrogens (tertiary/aromatic N) is 4. The smallest absolute Gasteiger partial charge is 0.230 e. The molecule has 4 rings (SSSR count). The molecule has 7 nitrogen and oxygen atoms in total. The topological polar surface area (TPSA) is 67.7 Å². The van der Waals surface area contributed by atoms with Crippen molar-refractivity contribution >= 4 is 11.8 Å². The molecule has 1 spiro atoms. The number of carbonyl (C=O) groups is 2. The van der Waals surface area contributed by atoms with Crippen LogP contribution in [0.25, 0.3) is 0 Å². The molecule has 0 radical (unpaired) electrons. The third-order valence-electron chi connectivity index (χ3n) is 5.73. The second-order valence-electron chi connectivity index (χ2n) is 9.18. The lowest BCUT2D eigenvalue weighted by Gasteiger charge is -2.29. The zero-order valence-electron chi connectivity index (χ0n) is 16.5. The number of amides is 2. The fourth-order valence-electron chi connectivity index (χ4n) is 4.62. The molecule has 0 unspecified atom stereocenters. The molecule has 0 aromatic carbocycles. The molecule has 4 heterocycles. The molecule has 1 aromatic rings. The molecule has 146 valence electrons. The summed E-state index contributed by atoms with van der Waals surface area (Å²) in [5.41, 5.74) is -0.622. The number of hydrogen-bond donors (Lipinski definition) is 0. The van der Waals surface area contributed by atoms with Crippen molar-refractivity contribution in [1.29, 1.82) is 0 Å². The van der Waals surface area contributed by atoms with Crippen molar-refractivity contribution in [2.75, 3.05) is 26.7 Å². The van der Waals surface area contributed by atoms with Gasteiger partial charge in [-0.05, 0) is 11.5 Å². The Morgan fingerprint density at radius 1 is 1.44 bits per heavy atom. The van der Waals surface area contributed by atoms with Gasteiger partial charge in [0.2, 0.25) is 11.8 Å². The molecular weight excluding hydrogens is 344 g/mol. The van der Waals surface area contributed by atoms with E-state index in [-0.39, 0.29) is 23.3 Å². The minimum absolute atomic E-state index is 0.00666. The van der Waals surface area contributed by atoms with Crippen LogP contribution in [0.1, 0.15) is 20.8 Å². The molecule has 3 aliphatic heterocycles. The Kier molecular flexibility index (Phi) is 4.18. The van der Waals surface area contributed by atoms with Crippen molar-refractivity contribution in [1.82, 2.24) is 19.6 Å². The van der Waals surface area contributed by atoms with Gasteiger partial charge >= 0.3 is 0 Å². The molecule has 2 bridgehead atoms. The summed E-state index contributed by atoms with van der Waals surface area (Å²) in [4.78, 5) is 29.9. The van der Waals surface area contributed by atoms with E-state index in [2.05, 4.69) is 25.9 Å². The van der Waals surface area contributed by atoms with Crippen molar-refractivity contribution in [3.05, 3.63) is 30.6 Å². The van der Waals surface area contributed by atoms with Gasteiger partial charge in [-0.15, -0.1) is 0 Å². The molecule has 2 fully saturated rings. The van der Waals surface area contributed by atoms with E-state index in [0.717, 1.165) is 0 Å². The average molecular weight is 372 g/mol. The number of fused-ring (bicyclic) bond motifs is 1. The Labute approximate surface area is 159 Å². The summed E-state index contributed by atoms with van der Waals surface area (Å²) in [6.45, 7) is 8.74. The molecule has 0 saturated carbocycles. The highest BCUT2D eigenvalue weighted by Gasteiger charge is 2.67. The normalized spacial score (nSPS) is 31.6. The van der Waals surface area contributed by atoms with E-state index in [4.69, 9.17) is 4.74 Å². The molecule has 2 saturated heterocycles. The Hall–Kier alpha value is -2.15. The van der Waals surface area contributed by atoms with Gasteiger partial charge in [-0.1, -0.05) is 32.9 Å². The van der Waals surface area contributed by atoms with E-state index in [9.17, 15) is 9.59 Å². The maximum Gasteiger partial charge on any atom is 0.230 e. The minimum atomic E-state index is -0.629. The highest BCUT2D eigenvalue weighted by molar-refractivity contribution is 5.93. The lowest BCUT2D eigenvalue weighted by Crippen LogP contribution is -2.45. The number of likely N-dealkylation sites (N-methyl/N-ethyl adjacent to an activating group) is 1. The first-order valence-corrected chi connectivity index (χ1v) is 9.59. The highest BCUT2D eigenvalue weighted by atomic mass is 16.5. The Morgan fingerprint density at radius 2 is 2.22 bits per heavy atom. The predicted molar refractivity (Wildman–Crippen MR) is 99.6 cm³/mol. The van der Waals surface area contributed by atoms with Crippen molar-refractivity contribution < 1.29 is 14.3 Å². The first kappa shape index (κ1) is 18.2. The van der Waals surface area contributed by atoms with E-state index < -0.39 is 17.4 Å². The van der Waals surface area contributed by atoms with Crippen LogP contribution in [0.2, 0.25) is 0 Å². The van der Waals surface area contributed by atoms with Crippen molar-refractivity contribution in [2.24, 2.45) is 17.3 Å². The van der Waals surface area contributed by atoms with Crippen molar-refractivity contribution in [3.8, 4) is 0 Å². The van der Waals surface area contributed by atoms with Gasteiger partial charge in [0, 0.05) is 32.5 Å². The van der Waals surface area contributed by atoms with Gasteiger partial charge in [0.05, 0.1) is 31.0 Å². The second-order valence-corrected chi connectivity index (χ2v) is 9.18. The Morgan fingerprint density at radius 3 is 2.89 bits per heavy atom. The summed E-state index contributed by atoms with van der Waals surface area (Å²) in [6.07, 6.45) is 7.28. The third kappa shape index (κ3) is 3.08. The van der Waals surface area contributed by atoms with Gasteiger partial charge < -0.3 is 14.5 Å². The third-order valence-corrected chi connectivity index (χ3v) is 5.73. The van der Waals surface area contributed by atoms with E-state index >= 15 is 0 Å². The van der Waals surface area contributed by atoms with Crippen LogP contribution in [0, 0.1) is 17.3 Å². The number of carbonyl (C=O) groups excluding carboxylic acids is 2. The predicted octanol–water partition coefficient (Wildman–Crippen LogP) is 1.17. The van der Waals surface area contributed by atoms with Crippen molar-refractivity contribution in [3.63, 3.8) is 0 Å². The summed E-state index contributed by atoms with van der Waals surface area (Å²) in [6, 6.07) is 1.86. The molecule has 0 N–H and O–H groups in total. The highest BCUT2D eigenvalue weighted by Crippen LogP contribution is 2.52. The lowest BCUT2D eigenvalue weighted by atomic mass is 9.76. The minimum Gasteiger partial charge on any atom is -0.360 e. The summed E-state index contributed by atoms with van der Waals surface area (Å²) in [5.74, 6) is -0.811.